The van der Waals surface area contributed by atoms with Crippen LogP contribution < -0.4 is 4.74 Å². The normalized spacial score (nSPS) is 14.0. The van der Waals surface area contributed by atoms with Gasteiger partial charge in [-0.2, -0.15) is 5.10 Å². The molecule has 0 atom stereocenters. The van der Waals surface area contributed by atoms with Gasteiger partial charge in [-0.25, -0.2) is 9.59 Å². The van der Waals surface area contributed by atoms with Crippen LogP contribution in [0.3, 0.4) is 0 Å². The molecule has 3 aromatic rings. The second-order valence-corrected chi connectivity index (χ2v) is 8.66. The molecule has 0 bridgehead atoms. The van der Waals surface area contributed by atoms with Crippen LogP contribution in [0.2, 0.25) is 0 Å². The van der Waals surface area contributed by atoms with Gasteiger partial charge in [0, 0.05) is 24.8 Å². The van der Waals surface area contributed by atoms with Gasteiger partial charge >= 0.3 is 12.1 Å². The number of carbonyl (C=O) groups is 2. The van der Waals surface area contributed by atoms with Crippen molar-refractivity contribution in [2.45, 2.75) is 32.4 Å². The van der Waals surface area contributed by atoms with Crippen LogP contribution in [0.1, 0.15) is 37.2 Å². The molecule has 166 valence electrons. The first-order valence-corrected chi connectivity index (χ1v) is 10.3. The minimum absolute atomic E-state index is 0.102. The number of carbonyl (C=O) groups excluding carboxylic acids is 1. The number of ether oxygens (including phenoxy) is 2. The van der Waals surface area contributed by atoms with Crippen molar-refractivity contribution in [3.63, 3.8) is 0 Å². The number of benzene rings is 2. The van der Waals surface area contributed by atoms with Gasteiger partial charge in [-0.15, -0.1) is 0 Å². The first-order chi connectivity index (χ1) is 15.2. The van der Waals surface area contributed by atoms with Gasteiger partial charge in [0.25, 0.3) is 0 Å². The number of aromatic carboxylic acids is 1. The molecule has 1 aromatic heterocycles. The van der Waals surface area contributed by atoms with Crippen LogP contribution in [0.15, 0.2) is 60.8 Å². The van der Waals surface area contributed by atoms with Crippen molar-refractivity contribution in [3.8, 4) is 22.8 Å². The van der Waals surface area contributed by atoms with E-state index in [2.05, 4.69) is 5.10 Å². The standard InChI is InChI=1S/C24H25N3O5/c1-24(2,3)32-23(30)26-13-17(14-26)27-15-20(22(28)29)21(25-27)16-9-11-19(12-10-16)31-18-7-5-4-6-8-18/h4-12,15,17H,13-14H2,1-3H3,(H,28,29). The van der Waals surface area contributed by atoms with E-state index in [1.165, 1.54) is 6.20 Å². The van der Waals surface area contributed by atoms with Crippen molar-refractivity contribution in [1.82, 2.24) is 14.7 Å². The lowest BCUT2D eigenvalue weighted by atomic mass is 10.1. The number of likely N-dealkylation sites (tertiary alicyclic amines) is 1. The maximum atomic E-state index is 12.2. The number of aromatic nitrogens is 2. The number of hydrogen-bond acceptors (Lipinski definition) is 5. The zero-order chi connectivity index (χ0) is 22.9. The number of rotatable bonds is 5. The Bertz CT molecular complexity index is 1110. The molecule has 0 unspecified atom stereocenters. The first-order valence-electron chi connectivity index (χ1n) is 10.3. The van der Waals surface area contributed by atoms with Gasteiger partial charge in [0.05, 0.1) is 6.04 Å². The fraction of sp³-hybridized carbons (Fsp3) is 0.292. The molecule has 32 heavy (non-hydrogen) atoms. The summed E-state index contributed by atoms with van der Waals surface area (Å²) < 4.78 is 12.8. The van der Waals surface area contributed by atoms with Gasteiger partial charge in [-0.05, 0) is 57.2 Å². The smallest absolute Gasteiger partial charge is 0.410 e. The molecule has 1 saturated heterocycles. The molecule has 2 heterocycles. The molecule has 0 spiro atoms. The SMILES string of the molecule is CC(C)(C)OC(=O)N1CC(n2cc(C(=O)O)c(-c3ccc(Oc4ccccc4)cc3)n2)C1. The summed E-state index contributed by atoms with van der Waals surface area (Å²) in [5.41, 5.74) is 0.593. The minimum atomic E-state index is -1.06. The second-order valence-electron chi connectivity index (χ2n) is 8.66. The third kappa shape index (κ3) is 4.74. The Morgan fingerprint density at radius 3 is 2.22 bits per heavy atom. The Morgan fingerprint density at radius 2 is 1.62 bits per heavy atom. The molecule has 0 aliphatic carbocycles. The Balaban J connectivity index is 1.48. The number of carboxylic acid groups (broad SMARTS) is 1. The molecule has 1 aliphatic rings. The van der Waals surface area contributed by atoms with Gasteiger partial charge < -0.3 is 19.5 Å². The molecule has 0 radical (unpaired) electrons. The largest absolute Gasteiger partial charge is 0.478 e. The molecule has 4 rings (SSSR count). The molecule has 1 amide bonds. The van der Waals surface area contributed by atoms with Crippen molar-refractivity contribution in [1.29, 1.82) is 0 Å². The van der Waals surface area contributed by atoms with Crippen LogP contribution in [0, 0.1) is 0 Å². The Kier molecular flexibility index (Phi) is 5.61. The predicted octanol–water partition coefficient (Wildman–Crippen LogP) is 4.83. The highest BCUT2D eigenvalue weighted by Gasteiger charge is 2.36. The summed E-state index contributed by atoms with van der Waals surface area (Å²) in [6, 6.07) is 16.4. The second kappa shape index (κ2) is 8.37. The average Bonchev–Trinajstić information content (AvgIpc) is 3.12. The number of para-hydroxylation sites is 1. The third-order valence-corrected chi connectivity index (χ3v) is 4.96. The monoisotopic (exact) mass is 435 g/mol. The Morgan fingerprint density at radius 1 is 1.00 bits per heavy atom. The quantitative estimate of drug-likeness (QED) is 0.617. The van der Waals surface area contributed by atoms with Gasteiger partial charge in [0.15, 0.2) is 0 Å². The minimum Gasteiger partial charge on any atom is -0.478 e. The summed E-state index contributed by atoms with van der Waals surface area (Å²) in [6.45, 7) is 6.28. The zero-order valence-corrected chi connectivity index (χ0v) is 18.2. The van der Waals surface area contributed by atoms with Gasteiger partial charge in [-0.1, -0.05) is 18.2 Å². The third-order valence-electron chi connectivity index (χ3n) is 4.96. The van der Waals surface area contributed by atoms with Crippen molar-refractivity contribution < 1.29 is 24.2 Å². The molecule has 8 nitrogen and oxygen atoms in total. The van der Waals surface area contributed by atoms with Crippen molar-refractivity contribution in [2.75, 3.05) is 13.1 Å². The number of hydrogen-bond donors (Lipinski definition) is 1. The molecule has 1 fully saturated rings. The molecule has 2 aromatic carbocycles. The van der Waals surface area contributed by atoms with E-state index in [4.69, 9.17) is 9.47 Å². The molecule has 1 aliphatic heterocycles. The van der Waals surface area contributed by atoms with Crippen molar-refractivity contribution in [3.05, 3.63) is 66.4 Å². The lowest BCUT2D eigenvalue weighted by molar-refractivity contribution is -0.000411. The maximum Gasteiger partial charge on any atom is 0.410 e. The fourth-order valence-electron chi connectivity index (χ4n) is 3.35. The number of amides is 1. The topological polar surface area (TPSA) is 93.9 Å². The van der Waals surface area contributed by atoms with Gasteiger partial charge in [0.2, 0.25) is 0 Å². The van der Waals surface area contributed by atoms with Crippen LogP contribution in [-0.4, -0.2) is 50.5 Å². The maximum absolute atomic E-state index is 12.2. The summed E-state index contributed by atoms with van der Waals surface area (Å²) in [4.78, 5) is 25.5. The average molecular weight is 435 g/mol. The van der Waals surface area contributed by atoms with E-state index in [0.717, 1.165) is 5.75 Å². The summed E-state index contributed by atoms with van der Waals surface area (Å²) in [7, 11) is 0. The van der Waals surface area contributed by atoms with E-state index in [9.17, 15) is 14.7 Å². The van der Waals surface area contributed by atoms with Crippen LogP contribution >= 0.6 is 0 Å². The van der Waals surface area contributed by atoms with Gasteiger partial charge in [0.1, 0.15) is 28.4 Å². The summed E-state index contributed by atoms with van der Waals surface area (Å²) >= 11 is 0. The fourth-order valence-corrected chi connectivity index (χ4v) is 3.35. The van der Waals surface area contributed by atoms with E-state index in [1.54, 1.807) is 33.8 Å². The van der Waals surface area contributed by atoms with E-state index >= 15 is 0 Å². The van der Waals surface area contributed by atoms with Crippen LogP contribution in [0.25, 0.3) is 11.3 Å². The van der Waals surface area contributed by atoms with E-state index in [0.29, 0.717) is 30.1 Å². The van der Waals surface area contributed by atoms with E-state index in [1.807, 2.05) is 51.1 Å². The lowest BCUT2D eigenvalue weighted by Crippen LogP contribution is -2.52. The lowest BCUT2D eigenvalue weighted by Gasteiger charge is -2.39. The molecular formula is C24H25N3O5. The predicted molar refractivity (Wildman–Crippen MR) is 118 cm³/mol. The molecule has 1 N–H and O–H groups in total. The van der Waals surface area contributed by atoms with Crippen LogP contribution in [-0.2, 0) is 4.74 Å². The number of nitrogens with zero attached hydrogens (tertiary/aromatic N) is 3. The Labute approximate surface area is 186 Å². The van der Waals surface area contributed by atoms with E-state index in [-0.39, 0.29) is 17.7 Å². The Hall–Kier alpha value is -3.81. The highest BCUT2D eigenvalue weighted by molar-refractivity contribution is 5.94. The number of carboxylic acids is 1. The van der Waals surface area contributed by atoms with Crippen molar-refractivity contribution >= 4 is 12.1 Å². The summed E-state index contributed by atoms with van der Waals surface area (Å²) in [6.07, 6.45) is 1.14. The highest BCUT2D eigenvalue weighted by atomic mass is 16.6. The van der Waals surface area contributed by atoms with Crippen LogP contribution in [0.4, 0.5) is 4.79 Å². The van der Waals surface area contributed by atoms with E-state index < -0.39 is 11.6 Å². The first kappa shape index (κ1) is 21.4. The molecule has 0 saturated carbocycles. The summed E-state index contributed by atoms with van der Waals surface area (Å²) in [5, 5.41) is 14.2. The highest BCUT2D eigenvalue weighted by Crippen LogP contribution is 2.30. The van der Waals surface area contributed by atoms with Crippen LogP contribution in [0.5, 0.6) is 11.5 Å². The molecular weight excluding hydrogens is 410 g/mol. The molecule has 8 heteroatoms. The zero-order valence-electron chi connectivity index (χ0n) is 18.2. The van der Waals surface area contributed by atoms with Gasteiger partial charge in [-0.3, -0.25) is 4.68 Å². The van der Waals surface area contributed by atoms with Crippen molar-refractivity contribution in [2.24, 2.45) is 0 Å². The summed E-state index contributed by atoms with van der Waals surface area (Å²) in [5.74, 6) is 0.303.